The molecule has 0 aliphatic carbocycles. The van der Waals surface area contributed by atoms with E-state index in [-0.39, 0.29) is 12.8 Å². The lowest BCUT2D eigenvalue weighted by atomic mass is 9.90. The van der Waals surface area contributed by atoms with Crippen molar-refractivity contribution in [1.82, 2.24) is 0 Å². The molecule has 1 heterocycles. The Hall–Kier alpha value is -2.32. The Balaban J connectivity index is 3.73. The Morgan fingerprint density at radius 2 is 1.03 bits per heavy atom. The van der Waals surface area contributed by atoms with Crippen LogP contribution in [0.15, 0.2) is 0 Å². The molecule has 0 aromatic heterocycles. The Labute approximate surface area is 171 Å². The Morgan fingerprint density at radius 1 is 0.667 bits per heavy atom. The molecule has 172 valence electrons. The predicted molar refractivity (Wildman–Crippen MR) is 91.3 cm³/mol. The van der Waals surface area contributed by atoms with Crippen LogP contribution in [-0.2, 0) is 42.9 Å². The average molecular weight is 438 g/mol. The van der Waals surface area contributed by atoms with Crippen molar-refractivity contribution < 1.29 is 63.3 Å². The number of esters is 4. The summed E-state index contributed by atoms with van der Waals surface area (Å²) in [7, 11) is 0. The van der Waals surface area contributed by atoms with E-state index in [9.17, 15) is 39.6 Å². The van der Waals surface area contributed by atoms with Crippen molar-refractivity contribution in [1.29, 1.82) is 0 Å². The lowest BCUT2D eigenvalue weighted by molar-refractivity contribution is -0.579. The molecule has 1 saturated heterocycles. The number of carbonyl (C=O) groups is 4. The lowest BCUT2D eigenvalue weighted by Crippen LogP contribution is -2.85. The maximum atomic E-state index is 11.9. The van der Waals surface area contributed by atoms with Crippen LogP contribution in [0.1, 0.15) is 53.4 Å². The zero-order valence-corrected chi connectivity index (χ0v) is 17.0. The third-order valence-corrected chi connectivity index (χ3v) is 4.09. The van der Waals surface area contributed by atoms with Crippen LogP contribution in [-0.4, -0.2) is 74.2 Å². The fourth-order valence-electron chi connectivity index (χ4n) is 2.31. The highest BCUT2D eigenvalue weighted by Crippen LogP contribution is 2.49. The van der Waals surface area contributed by atoms with Crippen LogP contribution in [0.4, 0.5) is 0 Å². The maximum absolute atomic E-state index is 11.9. The van der Waals surface area contributed by atoms with Gasteiger partial charge in [0.15, 0.2) is 0 Å². The van der Waals surface area contributed by atoms with Gasteiger partial charge in [-0.2, -0.15) is 0 Å². The smallest absolute Gasteiger partial charge is 0.404 e. The van der Waals surface area contributed by atoms with Crippen LogP contribution in [0.2, 0.25) is 0 Å². The summed E-state index contributed by atoms with van der Waals surface area (Å²) in [5, 5.41) is 43.6. The van der Waals surface area contributed by atoms with Crippen LogP contribution in [0.25, 0.3) is 0 Å². The summed E-state index contributed by atoms with van der Waals surface area (Å²) < 4.78 is 23.4. The van der Waals surface area contributed by atoms with Gasteiger partial charge in [0.2, 0.25) is 0 Å². The minimum absolute atomic E-state index is 0.345. The molecule has 13 heteroatoms. The summed E-state index contributed by atoms with van der Waals surface area (Å²) in [5.41, 5.74) is 0. The fraction of sp³-hybridized carbons (Fsp3) is 0.765. The van der Waals surface area contributed by atoms with Crippen molar-refractivity contribution >= 4 is 23.9 Å². The van der Waals surface area contributed by atoms with Crippen molar-refractivity contribution in [3.63, 3.8) is 0 Å². The number of aliphatic hydroxyl groups is 4. The molecule has 1 unspecified atom stereocenters. The Morgan fingerprint density at radius 3 is 1.47 bits per heavy atom. The van der Waals surface area contributed by atoms with Gasteiger partial charge >= 0.3 is 47.2 Å². The lowest BCUT2D eigenvalue weighted by Gasteiger charge is -2.55. The van der Waals surface area contributed by atoms with Gasteiger partial charge in [-0.3, -0.25) is 19.2 Å². The standard InChI is InChI=1S/C17H26O13/c1-5-10(18)27-14(22)9-26-17(25,30-13(21)8-4)16(24,29-12(20)7-3)15(14,23)28-11(19)6-2/h22-25H,5-9H2,1-4H3/t14-,15+,16-,17?/m1/s1. The minimum Gasteiger partial charge on any atom is -0.423 e. The molecule has 0 aromatic rings. The average Bonchev–Trinajstić information content (AvgIpc) is 2.70. The number of ether oxygens (including phenoxy) is 5. The van der Waals surface area contributed by atoms with E-state index in [4.69, 9.17) is 9.47 Å². The van der Waals surface area contributed by atoms with Gasteiger partial charge in [0.25, 0.3) is 0 Å². The van der Waals surface area contributed by atoms with Gasteiger partial charge in [0, 0.05) is 25.7 Å². The van der Waals surface area contributed by atoms with E-state index in [0.717, 1.165) is 0 Å². The van der Waals surface area contributed by atoms with Gasteiger partial charge in [-0.15, -0.1) is 0 Å². The molecule has 1 fully saturated rings. The molecule has 0 amide bonds. The first-order valence-electron chi connectivity index (χ1n) is 9.18. The molecule has 0 bridgehead atoms. The van der Waals surface area contributed by atoms with Gasteiger partial charge in [0.05, 0.1) is 0 Å². The van der Waals surface area contributed by atoms with Gasteiger partial charge < -0.3 is 44.1 Å². The molecule has 13 nitrogen and oxygen atoms in total. The summed E-state index contributed by atoms with van der Waals surface area (Å²) in [6.45, 7) is 3.77. The molecule has 1 rings (SSSR count). The first-order valence-corrected chi connectivity index (χ1v) is 9.18. The predicted octanol–water partition coefficient (Wildman–Crippen LogP) is -1.46. The second kappa shape index (κ2) is 9.22. The molecular formula is C17H26O13. The highest BCUT2D eigenvalue weighted by Gasteiger charge is 2.84. The van der Waals surface area contributed by atoms with Crippen molar-refractivity contribution in [2.24, 2.45) is 0 Å². The zero-order valence-electron chi connectivity index (χ0n) is 17.0. The van der Waals surface area contributed by atoms with Crippen LogP contribution in [0.3, 0.4) is 0 Å². The molecule has 4 N–H and O–H groups in total. The third kappa shape index (κ3) is 4.39. The highest BCUT2D eigenvalue weighted by molar-refractivity contribution is 5.72. The summed E-state index contributed by atoms with van der Waals surface area (Å²) >= 11 is 0. The van der Waals surface area contributed by atoms with Crippen molar-refractivity contribution in [3.8, 4) is 0 Å². The third-order valence-electron chi connectivity index (χ3n) is 4.09. The minimum atomic E-state index is -3.98. The van der Waals surface area contributed by atoms with E-state index < -0.39 is 66.7 Å². The summed E-state index contributed by atoms with van der Waals surface area (Å²) in [4.78, 5) is 47.4. The number of hydrogen-bond acceptors (Lipinski definition) is 13. The van der Waals surface area contributed by atoms with E-state index in [1.54, 1.807) is 0 Å². The molecule has 4 atom stereocenters. The summed E-state index contributed by atoms with van der Waals surface area (Å²) in [6, 6.07) is 0. The fourth-order valence-corrected chi connectivity index (χ4v) is 2.31. The topological polar surface area (TPSA) is 195 Å². The van der Waals surface area contributed by atoms with Crippen LogP contribution in [0.5, 0.6) is 0 Å². The Kier molecular flexibility index (Phi) is 7.90. The van der Waals surface area contributed by atoms with Gasteiger partial charge in [-0.05, 0) is 0 Å². The van der Waals surface area contributed by atoms with E-state index >= 15 is 0 Å². The normalized spacial score (nSPS) is 33.3. The van der Waals surface area contributed by atoms with E-state index in [2.05, 4.69) is 14.2 Å². The molecular weight excluding hydrogens is 412 g/mol. The SMILES string of the molecule is CCC(=O)OC1(O)OC[C@@](O)(OC(=O)CC)[C@](O)(OC(=O)CC)[C@@]1(O)OC(=O)CC. The van der Waals surface area contributed by atoms with Crippen molar-refractivity contribution in [2.75, 3.05) is 6.61 Å². The molecule has 0 radical (unpaired) electrons. The van der Waals surface area contributed by atoms with Crippen molar-refractivity contribution in [2.45, 2.75) is 76.7 Å². The van der Waals surface area contributed by atoms with E-state index in [1.807, 2.05) is 0 Å². The maximum Gasteiger partial charge on any atom is 0.404 e. The molecule has 1 aliphatic rings. The largest absolute Gasteiger partial charge is 0.423 e. The van der Waals surface area contributed by atoms with Gasteiger partial charge in [-0.25, -0.2) is 0 Å². The summed E-state index contributed by atoms with van der Waals surface area (Å²) in [5.74, 6) is -19.9. The monoisotopic (exact) mass is 438 g/mol. The van der Waals surface area contributed by atoms with Crippen LogP contribution < -0.4 is 0 Å². The van der Waals surface area contributed by atoms with E-state index in [1.165, 1.54) is 27.7 Å². The van der Waals surface area contributed by atoms with Gasteiger partial charge in [0.1, 0.15) is 6.61 Å². The first kappa shape index (κ1) is 25.7. The molecule has 30 heavy (non-hydrogen) atoms. The second-order valence-electron chi connectivity index (χ2n) is 6.25. The molecule has 0 saturated carbocycles. The van der Waals surface area contributed by atoms with Gasteiger partial charge in [-0.1, -0.05) is 27.7 Å². The highest BCUT2D eigenvalue weighted by atomic mass is 16.9. The number of hydrogen-bond donors (Lipinski definition) is 4. The number of rotatable bonds is 8. The number of carbonyl (C=O) groups excluding carboxylic acids is 4. The zero-order chi connectivity index (χ0) is 23.4. The molecule has 1 aliphatic heterocycles. The van der Waals surface area contributed by atoms with Crippen molar-refractivity contribution in [3.05, 3.63) is 0 Å². The molecule has 0 spiro atoms. The summed E-state index contributed by atoms with van der Waals surface area (Å²) in [6.07, 6.45) is -1.61. The molecule has 0 aromatic carbocycles. The quantitative estimate of drug-likeness (QED) is 0.195. The Bertz CT molecular complexity index is 635. The van der Waals surface area contributed by atoms with E-state index in [0.29, 0.717) is 0 Å². The second-order valence-corrected chi connectivity index (χ2v) is 6.25. The van der Waals surface area contributed by atoms with Crippen LogP contribution in [0, 0.1) is 0 Å². The first-order chi connectivity index (χ1) is 13.8. The van der Waals surface area contributed by atoms with Crippen LogP contribution >= 0.6 is 0 Å².